The highest BCUT2D eigenvalue weighted by molar-refractivity contribution is 5.68. The predicted octanol–water partition coefficient (Wildman–Crippen LogP) is 2.18. The van der Waals surface area contributed by atoms with Crippen LogP contribution in [0.3, 0.4) is 0 Å². The first-order valence-electron chi connectivity index (χ1n) is 7.08. The lowest BCUT2D eigenvalue weighted by molar-refractivity contribution is 0.0901. The van der Waals surface area contributed by atoms with Crippen LogP contribution in [0.15, 0.2) is 24.3 Å². The van der Waals surface area contributed by atoms with Gasteiger partial charge in [0.25, 0.3) is 0 Å². The SMILES string of the molecule is CC(C)COC(=O)N1CCN(c2cccc(N)c2)CC1. The van der Waals surface area contributed by atoms with E-state index in [0.29, 0.717) is 25.6 Å². The second-order valence-corrected chi connectivity index (χ2v) is 5.54. The van der Waals surface area contributed by atoms with Gasteiger partial charge in [-0.3, -0.25) is 0 Å². The van der Waals surface area contributed by atoms with E-state index in [1.54, 1.807) is 4.90 Å². The first-order valence-corrected chi connectivity index (χ1v) is 7.08. The van der Waals surface area contributed by atoms with E-state index in [2.05, 4.69) is 4.90 Å². The van der Waals surface area contributed by atoms with Crippen molar-refractivity contribution in [3.8, 4) is 0 Å². The fraction of sp³-hybridized carbons (Fsp3) is 0.533. The van der Waals surface area contributed by atoms with Crippen molar-refractivity contribution in [1.29, 1.82) is 0 Å². The van der Waals surface area contributed by atoms with Crippen LogP contribution in [-0.4, -0.2) is 43.8 Å². The summed E-state index contributed by atoms with van der Waals surface area (Å²) in [6.45, 7) is 7.53. The summed E-state index contributed by atoms with van der Waals surface area (Å²) in [6, 6.07) is 7.84. The molecule has 0 atom stereocenters. The first kappa shape index (κ1) is 14.5. The highest BCUT2D eigenvalue weighted by Crippen LogP contribution is 2.19. The number of nitrogens with two attached hydrogens (primary N) is 1. The molecule has 5 heteroatoms. The molecule has 1 aliphatic heterocycles. The van der Waals surface area contributed by atoms with Crippen LogP contribution < -0.4 is 10.6 Å². The molecule has 1 fully saturated rings. The van der Waals surface area contributed by atoms with Crippen molar-refractivity contribution in [3.63, 3.8) is 0 Å². The Labute approximate surface area is 120 Å². The van der Waals surface area contributed by atoms with Crippen LogP contribution in [0.4, 0.5) is 16.2 Å². The summed E-state index contributed by atoms with van der Waals surface area (Å²) in [6.07, 6.45) is -0.203. The van der Waals surface area contributed by atoms with Crippen LogP contribution in [0, 0.1) is 5.92 Å². The summed E-state index contributed by atoms with van der Waals surface area (Å²) in [4.78, 5) is 15.9. The highest BCUT2D eigenvalue weighted by Gasteiger charge is 2.22. The van der Waals surface area contributed by atoms with Gasteiger partial charge in [0.2, 0.25) is 0 Å². The number of piperazine rings is 1. The topological polar surface area (TPSA) is 58.8 Å². The minimum Gasteiger partial charge on any atom is -0.449 e. The van der Waals surface area contributed by atoms with Gasteiger partial charge in [-0.25, -0.2) is 4.79 Å². The molecule has 2 rings (SSSR count). The van der Waals surface area contributed by atoms with Crippen LogP contribution in [0.25, 0.3) is 0 Å². The van der Waals surface area contributed by atoms with E-state index in [4.69, 9.17) is 10.5 Å². The molecule has 20 heavy (non-hydrogen) atoms. The second kappa shape index (κ2) is 6.50. The van der Waals surface area contributed by atoms with Crippen molar-refractivity contribution in [2.75, 3.05) is 43.4 Å². The standard InChI is InChI=1S/C15H23N3O2/c1-12(2)11-20-15(19)18-8-6-17(7-9-18)14-5-3-4-13(16)10-14/h3-5,10,12H,6-9,11,16H2,1-2H3. The number of nitrogens with zero attached hydrogens (tertiary/aromatic N) is 2. The van der Waals surface area contributed by atoms with Crippen LogP contribution in [0.1, 0.15) is 13.8 Å². The number of ether oxygens (including phenoxy) is 1. The van der Waals surface area contributed by atoms with E-state index in [9.17, 15) is 4.79 Å². The molecule has 0 saturated carbocycles. The molecule has 2 N–H and O–H groups in total. The fourth-order valence-corrected chi connectivity index (χ4v) is 2.20. The number of anilines is 2. The lowest BCUT2D eigenvalue weighted by Crippen LogP contribution is -2.49. The van der Waals surface area contributed by atoms with Gasteiger partial charge >= 0.3 is 6.09 Å². The highest BCUT2D eigenvalue weighted by atomic mass is 16.6. The zero-order valence-corrected chi connectivity index (χ0v) is 12.2. The van der Waals surface area contributed by atoms with Crippen LogP contribution in [0.2, 0.25) is 0 Å². The zero-order valence-electron chi connectivity index (χ0n) is 12.2. The van der Waals surface area contributed by atoms with Crippen LogP contribution in [0.5, 0.6) is 0 Å². The maximum atomic E-state index is 11.9. The molecule has 0 aromatic heterocycles. The minimum absolute atomic E-state index is 0.203. The van der Waals surface area contributed by atoms with Gasteiger partial charge < -0.3 is 20.3 Å². The van der Waals surface area contributed by atoms with E-state index < -0.39 is 0 Å². The molecule has 0 aliphatic carbocycles. The summed E-state index contributed by atoms with van der Waals surface area (Å²) in [7, 11) is 0. The molecule has 0 spiro atoms. The Morgan fingerprint density at radius 1 is 1.30 bits per heavy atom. The Morgan fingerprint density at radius 2 is 2.00 bits per heavy atom. The molecule has 0 bridgehead atoms. The van der Waals surface area contributed by atoms with Gasteiger partial charge in [0.15, 0.2) is 0 Å². The molecule has 1 aliphatic rings. The lowest BCUT2D eigenvalue weighted by Gasteiger charge is -2.35. The maximum Gasteiger partial charge on any atom is 0.409 e. The Bertz CT molecular complexity index is 454. The number of hydrogen-bond acceptors (Lipinski definition) is 4. The third-order valence-corrected chi connectivity index (χ3v) is 3.31. The van der Waals surface area contributed by atoms with Gasteiger partial charge in [-0.15, -0.1) is 0 Å². The molecule has 1 amide bonds. The number of hydrogen-bond donors (Lipinski definition) is 1. The van der Waals surface area contributed by atoms with Gasteiger partial charge in [-0.05, 0) is 24.1 Å². The number of carbonyl (C=O) groups excluding carboxylic acids is 1. The minimum atomic E-state index is -0.203. The molecule has 1 aromatic rings. The summed E-state index contributed by atoms with van der Waals surface area (Å²) in [5.41, 5.74) is 7.67. The molecule has 1 heterocycles. The summed E-state index contributed by atoms with van der Waals surface area (Å²) in [5.74, 6) is 0.368. The summed E-state index contributed by atoms with van der Waals surface area (Å²) >= 11 is 0. The third kappa shape index (κ3) is 3.79. The van der Waals surface area contributed by atoms with Crippen molar-refractivity contribution < 1.29 is 9.53 Å². The fourth-order valence-electron chi connectivity index (χ4n) is 2.20. The van der Waals surface area contributed by atoms with E-state index in [1.165, 1.54) is 0 Å². The monoisotopic (exact) mass is 277 g/mol. The molecule has 5 nitrogen and oxygen atoms in total. The Balaban J connectivity index is 1.84. The number of amides is 1. The van der Waals surface area contributed by atoms with E-state index in [0.717, 1.165) is 24.5 Å². The molecular weight excluding hydrogens is 254 g/mol. The predicted molar refractivity (Wildman–Crippen MR) is 80.8 cm³/mol. The number of carbonyl (C=O) groups is 1. The smallest absolute Gasteiger partial charge is 0.409 e. The Hall–Kier alpha value is -1.91. The van der Waals surface area contributed by atoms with Gasteiger partial charge in [0.1, 0.15) is 0 Å². The number of benzene rings is 1. The van der Waals surface area contributed by atoms with Crippen molar-refractivity contribution in [2.45, 2.75) is 13.8 Å². The number of rotatable bonds is 3. The first-order chi connectivity index (χ1) is 9.56. The van der Waals surface area contributed by atoms with Gasteiger partial charge in [-0.2, -0.15) is 0 Å². The zero-order chi connectivity index (χ0) is 14.5. The van der Waals surface area contributed by atoms with Crippen molar-refractivity contribution in [2.24, 2.45) is 5.92 Å². The van der Waals surface area contributed by atoms with Gasteiger partial charge in [0, 0.05) is 37.6 Å². The van der Waals surface area contributed by atoms with Crippen LogP contribution in [-0.2, 0) is 4.74 Å². The normalized spacial score (nSPS) is 15.6. The third-order valence-electron chi connectivity index (χ3n) is 3.31. The van der Waals surface area contributed by atoms with Crippen molar-refractivity contribution in [3.05, 3.63) is 24.3 Å². The summed E-state index contributed by atoms with van der Waals surface area (Å²) in [5, 5.41) is 0. The maximum absolute atomic E-state index is 11.9. The molecule has 0 radical (unpaired) electrons. The molecular formula is C15H23N3O2. The van der Waals surface area contributed by atoms with Crippen molar-refractivity contribution in [1.82, 2.24) is 4.90 Å². The second-order valence-electron chi connectivity index (χ2n) is 5.54. The van der Waals surface area contributed by atoms with E-state index in [-0.39, 0.29) is 6.09 Å². The Kier molecular flexibility index (Phi) is 4.71. The molecule has 0 unspecified atom stereocenters. The molecule has 110 valence electrons. The quantitative estimate of drug-likeness (QED) is 0.860. The lowest BCUT2D eigenvalue weighted by atomic mass is 10.2. The number of nitrogen functional groups attached to an aromatic ring is 1. The van der Waals surface area contributed by atoms with Gasteiger partial charge in [-0.1, -0.05) is 19.9 Å². The van der Waals surface area contributed by atoms with E-state index in [1.807, 2.05) is 38.1 Å². The van der Waals surface area contributed by atoms with Crippen molar-refractivity contribution >= 4 is 17.5 Å². The van der Waals surface area contributed by atoms with Gasteiger partial charge in [0.05, 0.1) is 6.61 Å². The van der Waals surface area contributed by atoms with Crippen LogP contribution >= 0.6 is 0 Å². The Morgan fingerprint density at radius 3 is 2.60 bits per heavy atom. The largest absolute Gasteiger partial charge is 0.449 e. The molecule has 1 saturated heterocycles. The average Bonchev–Trinajstić information content (AvgIpc) is 2.45. The van der Waals surface area contributed by atoms with E-state index >= 15 is 0 Å². The molecule has 1 aromatic carbocycles. The summed E-state index contributed by atoms with van der Waals surface area (Å²) < 4.78 is 5.25. The average molecular weight is 277 g/mol.